The Morgan fingerprint density at radius 3 is 1.38 bits per heavy atom. The van der Waals surface area contributed by atoms with Gasteiger partial charge in [-0.1, -0.05) is 133 Å². The Labute approximate surface area is 388 Å². The molecule has 60 heavy (non-hydrogen) atoms. The number of nitrogens with zero attached hydrogens (tertiary/aromatic N) is 1. The van der Waals surface area contributed by atoms with Crippen LogP contribution in [0.15, 0.2) is 206 Å². The van der Waals surface area contributed by atoms with E-state index in [9.17, 15) is 0 Å². The monoisotopic (exact) mass is 1170 g/mol. The molecule has 0 amide bonds. The molecule has 0 aliphatic heterocycles. The van der Waals surface area contributed by atoms with Crippen molar-refractivity contribution >= 4 is 58.9 Å². The Hall–Kier alpha value is -4.98. The fourth-order valence-corrected chi connectivity index (χ4v) is 15.7. The molecule has 1 heterocycles. The average Bonchev–Trinajstić information content (AvgIpc) is 3.82. The second kappa shape index (κ2) is 21.5. The predicted molar refractivity (Wildman–Crippen MR) is 253 cm³/mol. The molecule has 9 aromatic rings. The minimum absolute atomic E-state index is 0. The fourth-order valence-electron chi connectivity index (χ4n) is 7.94. The molecule has 8 aromatic carbocycles. The molecular weight excluding hydrogens is 1130 g/mol. The third kappa shape index (κ3) is 10.1. The largest absolute Gasteiger partial charge is 1.00 e. The topological polar surface area (TPSA) is 4.93 Å². The maximum absolute atomic E-state index is 7.18. The quantitative estimate of drug-likeness (QED) is 0.0677. The van der Waals surface area contributed by atoms with Crippen molar-refractivity contribution in [2.75, 3.05) is 5.90 Å². The van der Waals surface area contributed by atoms with E-state index in [0.29, 0.717) is 0 Å². The number of aryl methyl sites for hydroxylation is 1. The third-order valence-corrected chi connectivity index (χ3v) is 17.8. The molecule has 0 saturated carbocycles. The zero-order valence-corrected chi connectivity index (χ0v) is 39.4. The molecule has 0 fully saturated rings. The van der Waals surface area contributed by atoms with Gasteiger partial charge in [-0.15, -0.1) is 35.4 Å². The van der Waals surface area contributed by atoms with Gasteiger partial charge >= 0.3 is 44.8 Å². The normalized spacial score (nSPS) is 10.8. The molecule has 1 aliphatic carbocycles. The van der Waals surface area contributed by atoms with Crippen molar-refractivity contribution in [2.24, 2.45) is 7.05 Å². The standard InChI is InChI=1S/C25H22P2.C15H10N.C15H9.2Au/c1-5-13-22(14-6-1)26(23-15-7-2-8-16-23)21-27(24-17-9-3-10-18-24)25-19-11-4-12-20-25;1-3-11-8-9-15-13(10-11)12-6-4-5-7-14(12)16(15)2;1-2-11-7-8-15-13(9-11)10-12-5-3-4-6-14(12)15;;/h1-20H,21H2;4-10H,2H3;3-9H,10H2;;/q;2*-1;2*+1/p+2. The van der Waals surface area contributed by atoms with Crippen molar-refractivity contribution in [3.05, 3.63) is 241 Å². The summed E-state index contributed by atoms with van der Waals surface area (Å²) in [5.41, 5.74) is 9.45. The number of rotatable bonds is 6. The number of para-hydroxylation sites is 1. The van der Waals surface area contributed by atoms with Gasteiger partial charge in [0, 0.05) is 23.5 Å². The van der Waals surface area contributed by atoms with Crippen LogP contribution in [-0.4, -0.2) is 10.5 Å². The van der Waals surface area contributed by atoms with E-state index in [1.54, 1.807) is 0 Å². The van der Waals surface area contributed by atoms with E-state index in [2.05, 4.69) is 193 Å². The molecule has 1 aromatic heterocycles. The van der Waals surface area contributed by atoms with Gasteiger partial charge in [0.2, 0.25) is 0 Å². The summed E-state index contributed by atoms with van der Waals surface area (Å²) in [6.45, 7) is 0. The molecular formula is C55H43Au2NP2+2. The van der Waals surface area contributed by atoms with Gasteiger partial charge < -0.3 is 17.4 Å². The maximum Gasteiger partial charge on any atom is 1.00 e. The molecule has 298 valence electrons. The van der Waals surface area contributed by atoms with Gasteiger partial charge in [0.25, 0.3) is 0 Å². The molecule has 0 N–H and O–H groups in total. The van der Waals surface area contributed by atoms with E-state index in [-0.39, 0.29) is 44.8 Å². The molecule has 5 heteroatoms. The summed E-state index contributed by atoms with van der Waals surface area (Å²) >= 11 is 0. The Bertz CT molecular complexity index is 2720. The van der Waals surface area contributed by atoms with E-state index >= 15 is 0 Å². The molecule has 0 atom stereocenters. The Morgan fingerprint density at radius 2 is 0.850 bits per heavy atom. The Morgan fingerprint density at radius 1 is 0.433 bits per heavy atom. The molecule has 1 aliphatic rings. The summed E-state index contributed by atoms with van der Waals surface area (Å²) in [5.74, 6) is 6.11. The molecule has 0 spiro atoms. The third-order valence-electron chi connectivity index (χ3n) is 10.8. The number of aromatic nitrogens is 1. The number of hydrogen-bond acceptors (Lipinski definition) is 0. The molecule has 1 nitrogen and oxygen atoms in total. The van der Waals surface area contributed by atoms with Crippen LogP contribution in [0.3, 0.4) is 0 Å². The van der Waals surface area contributed by atoms with Crippen LogP contribution >= 0.6 is 15.8 Å². The van der Waals surface area contributed by atoms with Crippen molar-refractivity contribution < 1.29 is 44.8 Å². The van der Waals surface area contributed by atoms with Crippen LogP contribution in [0.4, 0.5) is 0 Å². The van der Waals surface area contributed by atoms with Gasteiger partial charge in [-0.3, -0.25) is 11.8 Å². The zero-order chi connectivity index (χ0) is 39.7. The molecule has 0 saturated heterocycles. The SMILES string of the molecule is [Au+].[Au+].[C-]#Cc1ccc2c(c1)Cc1ccccc1-2.[C-]#Cc1ccc2c(c1)c1ccccc1n2C.c1ccc([PH+](C[PH+](c2ccccc2)c2ccccc2)c2ccccc2)cc1. The van der Waals surface area contributed by atoms with Gasteiger partial charge in [0.05, 0.1) is 0 Å². The number of benzene rings is 8. The molecule has 10 rings (SSSR count). The summed E-state index contributed by atoms with van der Waals surface area (Å²) < 4.78 is 2.18. The van der Waals surface area contributed by atoms with Gasteiger partial charge in [0.15, 0.2) is 5.90 Å². The fraction of sp³-hybridized carbons (Fsp3) is 0.0545. The molecule has 0 bridgehead atoms. The van der Waals surface area contributed by atoms with Crippen LogP contribution < -0.4 is 21.2 Å². The van der Waals surface area contributed by atoms with Crippen LogP contribution in [-0.2, 0) is 58.2 Å². The first-order chi connectivity index (χ1) is 28.6. The Balaban J connectivity index is 0.000000157. The summed E-state index contributed by atoms with van der Waals surface area (Å²) in [6.07, 6.45) is 15.3. The minimum Gasteiger partial charge on any atom is -0.366 e. The van der Waals surface area contributed by atoms with Crippen molar-refractivity contribution in [1.29, 1.82) is 0 Å². The number of hydrogen-bond donors (Lipinski definition) is 0. The first-order valence-corrected chi connectivity index (χ1v) is 23.0. The van der Waals surface area contributed by atoms with Gasteiger partial charge in [0.1, 0.15) is 37.1 Å². The first kappa shape index (κ1) is 44.6. The van der Waals surface area contributed by atoms with Crippen molar-refractivity contribution in [3.8, 4) is 23.0 Å². The Kier molecular flexibility index (Phi) is 16.0. The van der Waals surface area contributed by atoms with E-state index in [1.807, 2.05) is 36.4 Å². The predicted octanol–water partition coefficient (Wildman–Crippen LogP) is 11.1. The van der Waals surface area contributed by atoms with Crippen molar-refractivity contribution in [3.63, 3.8) is 0 Å². The van der Waals surface area contributed by atoms with Crippen LogP contribution in [0.1, 0.15) is 22.3 Å². The summed E-state index contributed by atoms with van der Waals surface area (Å²) in [6, 6.07) is 73.4. The maximum atomic E-state index is 7.18. The first-order valence-electron chi connectivity index (χ1n) is 19.6. The van der Waals surface area contributed by atoms with Crippen molar-refractivity contribution in [2.45, 2.75) is 6.42 Å². The average molecular weight is 1170 g/mol. The van der Waals surface area contributed by atoms with Crippen LogP contribution in [0.25, 0.3) is 32.9 Å². The minimum atomic E-state index is -0.847. The number of fused-ring (bicyclic) bond motifs is 6. The van der Waals surface area contributed by atoms with Gasteiger partial charge in [-0.25, -0.2) is 0 Å². The van der Waals surface area contributed by atoms with E-state index in [1.165, 1.54) is 71.2 Å². The molecule has 0 radical (unpaired) electrons. The second-order valence-electron chi connectivity index (χ2n) is 14.4. The zero-order valence-electron chi connectivity index (χ0n) is 33.1. The van der Waals surface area contributed by atoms with E-state index in [0.717, 1.165) is 17.5 Å². The van der Waals surface area contributed by atoms with E-state index < -0.39 is 15.8 Å². The van der Waals surface area contributed by atoms with Gasteiger partial charge in [-0.05, 0) is 83.1 Å². The van der Waals surface area contributed by atoms with Gasteiger partial charge in [-0.2, -0.15) is 0 Å². The van der Waals surface area contributed by atoms with E-state index in [4.69, 9.17) is 12.8 Å². The molecule has 0 unspecified atom stereocenters. The smallest absolute Gasteiger partial charge is 0.366 e. The second-order valence-corrected chi connectivity index (χ2v) is 20.0. The van der Waals surface area contributed by atoms with Crippen LogP contribution in [0, 0.1) is 24.7 Å². The summed E-state index contributed by atoms with van der Waals surface area (Å²) in [4.78, 5) is 0. The van der Waals surface area contributed by atoms with Crippen molar-refractivity contribution in [1.82, 2.24) is 4.57 Å². The van der Waals surface area contributed by atoms with Crippen LogP contribution in [0.2, 0.25) is 0 Å². The van der Waals surface area contributed by atoms with Crippen LogP contribution in [0.5, 0.6) is 0 Å². The summed E-state index contributed by atoms with van der Waals surface area (Å²) in [7, 11) is 0.373. The summed E-state index contributed by atoms with van der Waals surface area (Å²) in [5, 5.41) is 8.43.